The van der Waals surface area contributed by atoms with E-state index in [9.17, 15) is 13.2 Å². The van der Waals surface area contributed by atoms with Gasteiger partial charge in [0, 0.05) is 6.42 Å². The summed E-state index contributed by atoms with van der Waals surface area (Å²) in [6, 6.07) is 6.28. The first-order valence-corrected chi connectivity index (χ1v) is 8.55. The number of rotatable bonds is 8. The van der Waals surface area contributed by atoms with E-state index in [4.69, 9.17) is 20.5 Å². The number of esters is 1. The van der Waals surface area contributed by atoms with E-state index in [1.165, 1.54) is 12.1 Å². The average molecular weight is 335 g/mol. The molecule has 1 rings (SSSR count). The molecule has 0 heterocycles. The fourth-order valence-electron chi connectivity index (χ4n) is 1.50. The van der Waals surface area contributed by atoms with Crippen LogP contribution in [0.1, 0.15) is 25.3 Å². The second-order valence-corrected chi connectivity index (χ2v) is 6.49. The highest BCUT2D eigenvalue weighted by molar-refractivity contribution is 7.86. The Labute approximate surface area is 130 Å². The number of hydrogen-bond donors (Lipinski definition) is 0. The van der Waals surface area contributed by atoms with E-state index in [1.54, 1.807) is 12.1 Å². The van der Waals surface area contributed by atoms with Crippen molar-refractivity contribution in [3.63, 3.8) is 0 Å². The van der Waals surface area contributed by atoms with Gasteiger partial charge in [0.2, 0.25) is 0 Å². The second kappa shape index (κ2) is 8.36. The van der Waals surface area contributed by atoms with Crippen LogP contribution in [0.2, 0.25) is 0 Å². The highest BCUT2D eigenvalue weighted by Crippen LogP contribution is 2.14. The van der Waals surface area contributed by atoms with Crippen LogP contribution in [0.25, 0.3) is 0 Å². The maximum atomic E-state index is 12.0. The van der Waals surface area contributed by atoms with Gasteiger partial charge in [-0.05, 0) is 25.5 Å². The quantitative estimate of drug-likeness (QED) is 0.415. The molecule has 0 saturated heterocycles. The lowest BCUT2D eigenvalue weighted by molar-refractivity contribution is -0.149. The molecular weight excluding hydrogens is 316 g/mol. The fourth-order valence-corrected chi connectivity index (χ4v) is 2.59. The molecule has 1 aromatic carbocycles. The highest BCUT2D eigenvalue weighted by atomic mass is 35.5. The van der Waals surface area contributed by atoms with Crippen molar-refractivity contribution in [2.45, 2.75) is 37.7 Å². The van der Waals surface area contributed by atoms with Crippen LogP contribution in [0.15, 0.2) is 29.2 Å². The van der Waals surface area contributed by atoms with E-state index in [0.29, 0.717) is 6.42 Å². The Kier molecular flexibility index (Phi) is 7.14. The van der Waals surface area contributed by atoms with Gasteiger partial charge >= 0.3 is 5.97 Å². The minimum Gasteiger partial charge on any atom is -0.459 e. The van der Waals surface area contributed by atoms with Gasteiger partial charge in [0.1, 0.15) is 12.7 Å². The van der Waals surface area contributed by atoms with Crippen molar-refractivity contribution in [1.82, 2.24) is 0 Å². The zero-order chi connectivity index (χ0) is 15.9. The number of carbonyl (C=O) groups excluding carboxylic acids is 1. The fraction of sp³-hybridized carbons (Fsp3) is 0.500. The Morgan fingerprint density at radius 3 is 2.43 bits per heavy atom. The van der Waals surface area contributed by atoms with Crippen LogP contribution < -0.4 is 0 Å². The summed E-state index contributed by atoms with van der Waals surface area (Å²) in [6.07, 6.45) is 0.125. The van der Waals surface area contributed by atoms with Gasteiger partial charge in [-0.1, -0.05) is 24.6 Å². The smallest absolute Gasteiger partial charge is 0.306 e. The minimum atomic E-state index is -3.88. The number of aryl methyl sites for hydroxylation is 1. The molecule has 0 saturated carbocycles. The third-order valence-corrected chi connectivity index (χ3v) is 4.28. The highest BCUT2D eigenvalue weighted by Gasteiger charge is 2.20. The molecular formula is C14H19ClO5S. The van der Waals surface area contributed by atoms with Gasteiger partial charge in [-0.2, -0.15) is 8.42 Å². The lowest BCUT2D eigenvalue weighted by atomic mass is 10.2. The number of alkyl halides is 1. The molecule has 0 N–H and O–H groups in total. The predicted molar refractivity (Wildman–Crippen MR) is 79.8 cm³/mol. The molecule has 0 aliphatic carbocycles. The Morgan fingerprint density at radius 1 is 1.29 bits per heavy atom. The standard InChI is InChI=1S/C14H19ClO5S/c1-3-4-14(16)20-12(9-15)10-19-21(17,18)13-7-5-11(2)6-8-13/h5-8,12H,3-4,9-10H2,1-2H3/t12-/m1/s1. The molecule has 0 amide bonds. The number of ether oxygens (including phenoxy) is 1. The molecule has 0 aliphatic heterocycles. The monoisotopic (exact) mass is 334 g/mol. The molecule has 0 radical (unpaired) electrons. The van der Waals surface area contributed by atoms with Gasteiger partial charge in [0.25, 0.3) is 10.1 Å². The first-order chi connectivity index (χ1) is 9.89. The summed E-state index contributed by atoms with van der Waals surface area (Å²) >= 11 is 5.66. The zero-order valence-electron chi connectivity index (χ0n) is 12.0. The minimum absolute atomic E-state index is 0.0289. The number of carbonyl (C=O) groups is 1. The summed E-state index contributed by atoms with van der Waals surface area (Å²) in [5.74, 6) is -0.446. The van der Waals surface area contributed by atoms with Crippen LogP contribution in [0.5, 0.6) is 0 Å². The number of hydrogen-bond acceptors (Lipinski definition) is 5. The van der Waals surface area contributed by atoms with Crippen LogP contribution in [0, 0.1) is 6.92 Å². The summed E-state index contributed by atoms with van der Waals surface area (Å²) < 4.78 is 33.9. The molecule has 0 bridgehead atoms. The van der Waals surface area contributed by atoms with Gasteiger partial charge in [0.15, 0.2) is 0 Å². The summed E-state index contributed by atoms with van der Waals surface area (Å²) in [6.45, 7) is 3.40. The molecule has 7 heteroatoms. The molecule has 0 aliphatic rings. The first kappa shape index (κ1) is 17.9. The van der Waals surface area contributed by atoms with E-state index >= 15 is 0 Å². The molecule has 0 aromatic heterocycles. The van der Waals surface area contributed by atoms with Crippen LogP contribution in [0.3, 0.4) is 0 Å². The summed E-state index contributed by atoms with van der Waals surface area (Å²) in [7, 11) is -3.88. The Bertz CT molecular complexity index is 553. The largest absolute Gasteiger partial charge is 0.459 e. The average Bonchev–Trinajstić information content (AvgIpc) is 2.44. The molecule has 0 fully saturated rings. The lowest BCUT2D eigenvalue weighted by Gasteiger charge is -2.15. The van der Waals surface area contributed by atoms with Crippen molar-refractivity contribution >= 4 is 27.7 Å². The molecule has 0 spiro atoms. The summed E-state index contributed by atoms with van der Waals surface area (Å²) in [5.41, 5.74) is 0.945. The van der Waals surface area contributed by atoms with E-state index in [0.717, 1.165) is 5.56 Å². The third kappa shape index (κ3) is 6.03. The van der Waals surface area contributed by atoms with Crippen molar-refractivity contribution in [1.29, 1.82) is 0 Å². The summed E-state index contributed by atoms with van der Waals surface area (Å²) in [4.78, 5) is 11.4. The number of benzene rings is 1. The van der Waals surface area contributed by atoms with E-state index in [2.05, 4.69) is 0 Å². The van der Waals surface area contributed by atoms with E-state index in [-0.39, 0.29) is 23.8 Å². The number of halogens is 1. The van der Waals surface area contributed by atoms with Crippen LogP contribution >= 0.6 is 11.6 Å². The van der Waals surface area contributed by atoms with Crippen molar-refractivity contribution in [3.05, 3.63) is 29.8 Å². The van der Waals surface area contributed by atoms with Gasteiger partial charge in [0.05, 0.1) is 10.8 Å². The maximum absolute atomic E-state index is 12.0. The van der Waals surface area contributed by atoms with Gasteiger partial charge in [-0.25, -0.2) is 0 Å². The van der Waals surface area contributed by atoms with Gasteiger partial charge in [-0.3, -0.25) is 8.98 Å². The lowest BCUT2D eigenvalue weighted by Crippen LogP contribution is -2.26. The van der Waals surface area contributed by atoms with Crippen LogP contribution in [-0.2, 0) is 23.8 Å². The normalized spacial score (nSPS) is 12.9. The van der Waals surface area contributed by atoms with Crippen molar-refractivity contribution in [2.75, 3.05) is 12.5 Å². The second-order valence-electron chi connectivity index (χ2n) is 4.57. The molecule has 1 atom stereocenters. The van der Waals surface area contributed by atoms with Crippen molar-refractivity contribution < 1.29 is 22.1 Å². The molecule has 0 unspecified atom stereocenters. The van der Waals surface area contributed by atoms with Crippen molar-refractivity contribution in [3.8, 4) is 0 Å². The Morgan fingerprint density at radius 2 is 1.90 bits per heavy atom. The first-order valence-electron chi connectivity index (χ1n) is 6.60. The third-order valence-electron chi connectivity index (χ3n) is 2.64. The van der Waals surface area contributed by atoms with Crippen molar-refractivity contribution in [2.24, 2.45) is 0 Å². The zero-order valence-corrected chi connectivity index (χ0v) is 13.6. The molecule has 1 aromatic rings. The summed E-state index contributed by atoms with van der Waals surface area (Å²) in [5, 5.41) is 0. The van der Waals surface area contributed by atoms with Gasteiger partial charge < -0.3 is 4.74 Å². The molecule has 5 nitrogen and oxygen atoms in total. The van der Waals surface area contributed by atoms with Crippen LogP contribution in [0.4, 0.5) is 0 Å². The van der Waals surface area contributed by atoms with E-state index < -0.39 is 22.2 Å². The molecule has 118 valence electrons. The maximum Gasteiger partial charge on any atom is 0.306 e. The Hall–Kier alpha value is -1.11. The topological polar surface area (TPSA) is 69.7 Å². The molecule has 21 heavy (non-hydrogen) atoms. The van der Waals surface area contributed by atoms with Gasteiger partial charge in [-0.15, -0.1) is 11.6 Å². The van der Waals surface area contributed by atoms with Crippen LogP contribution in [-0.4, -0.2) is 33.0 Å². The predicted octanol–water partition coefficient (Wildman–Crippen LogP) is 2.65. The Balaban J connectivity index is 2.62. The van der Waals surface area contributed by atoms with E-state index in [1.807, 2.05) is 13.8 Å². The SMILES string of the molecule is CCCC(=O)O[C@H](CCl)COS(=O)(=O)c1ccc(C)cc1.